The van der Waals surface area contributed by atoms with E-state index in [1.165, 1.54) is 5.56 Å². The summed E-state index contributed by atoms with van der Waals surface area (Å²) in [5, 5.41) is 2.91. The van der Waals surface area contributed by atoms with Crippen LogP contribution in [0.15, 0.2) is 53.2 Å². The average molecular weight is 323 g/mol. The molecule has 1 N–H and O–H groups in total. The van der Waals surface area contributed by atoms with Crippen LogP contribution in [0, 0.1) is 13.8 Å². The van der Waals surface area contributed by atoms with Gasteiger partial charge in [-0.15, -0.1) is 0 Å². The first-order chi connectivity index (χ1) is 11.6. The maximum absolute atomic E-state index is 12.3. The van der Waals surface area contributed by atoms with Gasteiger partial charge in [-0.2, -0.15) is 0 Å². The normalized spacial score (nSPS) is 10.8. The largest absolute Gasteiger partial charge is 0.466 e. The summed E-state index contributed by atoms with van der Waals surface area (Å²) in [6, 6.07) is 12.1. The summed E-state index contributed by atoms with van der Waals surface area (Å²) >= 11 is 0. The number of nitrogens with zero attached hydrogens (tertiary/aromatic N) is 2. The summed E-state index contributed by atoms with van der Waals surface area (Å²) in [6.07, 6.45) is 4.63. The van der Waals surface area contributed by atoms with Gasteiger partial charge in [0, 0.05) is 18.9 Å². The predicted molar refractivity (Wildman–Crippen MR) is 91.7 cm³/mol. The molecule has 0 saturated heterocycles. The molecule has 0 aliphatic heterocycles. The molecule has 1 amide bonds. The third-order valence-electron chi connectivity index (χ3n) is 3.98. The molecule has 3 aromatic rings. The van der Waals surface area contributed by atoms with Crippen molar-refractivity contribution in [1.82, 2.24) is 14.9 Å². The van der Waals surface area contributed by atoms with E-state index in [-0.39, 0.29) is 5.91 Å². The zero-order valence-corrected chi connectivity index (χ0v) is 14.0. The maximum atomic E-state index is 12.3. The fourth-order valence-electron chi connectivity index (χ4n) is 2.72. The molecule has 124 valence electrons. The summed E-state index contributed by atoms with van der Waals surface area (Å²) in [6.45, 7) is 4.85. The first-order valence-corrected chi connectivity index (χ1v) is 8.02. The fraction of sp³-hybridized carbons (Fsp3) is 0.263. The Hall–Kier alpha value is -2.82. The number of hydrogen-bond acceptors (Lipinski definition) is 3. The lowest BCUT2D eigenvalue weighted by atomic mass is 10.1. The molecule has 0 aliphatic carbocycles. The van der Waals surface area contributed by atoms with Gasteiger partial charge in [0.15, 0.2) is 0 Å². The van der Waals surface area contributed by atoms with Gasteiger partial charge < -0.3 is 14.3 Å². The average Bonchev–Trinajstić information content (AvgIpc) is 3.17. The Kier molecular flexibility index (Phi) is 4.79. The topological polar surface area (TPSA) is 60.1 Å². The second kappa shape index (κ2) is 7.17. The Labute approximate surface area is 141 Å². The number of rotatable bonds is 6. The van der Waals surface area contributed by atoms with Crippen LogP contribution in [0.1, 0.15) is 33.3 Å². The van der Waals surface area contributed by atoms with E-state index >= 15 is 0 Å². The van der Waals surface area contributed by atoms with Crippen LogP contribution in [-0.4, -0.2) is 15.5 Å². The van der Waals surface area contributed by atoms with Crippen molar-refractivity contribution in [2.75, 3.05) is 0 Å². The molecule has 5 nitrogen and oxygen atoms in total. The number of aromatic nitrogens is 2. The second-order valence-electron chi connectivity index (χ2n) is 5.78. The first-order valence-electron chi connectivity index (χ1n) is 8.02. The lowest BCUT2D eigenvalue weighted by Crippen LogP contribution is -2.25. The van der Waals surface area contributed by atoms with Crippen LogP contribution < -0.4 is 5.32 Å². The van der Waals surface area contributed by atoms with Gasteiger partial charge in [0.05, 0.1) is 12.1 Å². The van der Waals surface area contributed by atoms with E-state index in [0.29, 0.717) is 17.9 Å². The van der Waals surface area contributed by atoms with Crippen molar-refractivity contribution in [3.05, 3.63) is 77.3 Å². The molecule has 0 atom stereocenters. The Morgan fingerprint density at radius 2 is 2.04 bits per heavy atom. The van der Waals surface area contributed by atoms with Gasteiger partial charge in [0.2, 0.25) is 0 Å². The second-order valence-corrected chi connectivity index (χ2v) is 5.78. The molecule has 1 aromatic carbocycles. The van der Waals surface area contributed by atoms with Crippen LogP contribution >= 0.6 is 0 Å². The van der Waals surface area contributed by atoms with E-state index in [1.807, 2.05) is 31.3 Å². The number of benzene rings is 1. The number of amides is 1. The van der Waals surface area contributed by atoms with Gasteiger partial charge in [0.25, 0.3) is 5.91 Å². The van der Waals surface area contributed by atoms with Gasteiger partial charge in [0.1, 0.15) is 17.3 Å². The van der Waals surface area contributed by atoms with Crippen molar-refractivity contribution in [2.45, 2.75) is 33.4 Å². The summed E-state index contributed by atoms with van der Waals surface area (Å²) in [5.74, 6) is 2.08. The lowest BCUT2D eigenvalue weighted by molar-refractivity contribution is 0.0948. The highest BCUT2D eigenvalue weighted by molar-refractivity contribution is 5.95. The summed E-state index contributed by atoms with van der Waals surface area (Å²) in [4.78, 5) is 16.6. The smallest absolute Gasteiger partial charge is 0.255 e. The Morgan fingerprint density at radius 1 is 1.25 bits per heavy atom. The van der Waals surface area contributed by atoms with Crippen LogP contribution in [0.4, 0.5) is 0 Å². The van der Waals surface area contributed by atoms with Crippen LogP contribution in [0.25, 0.3) is 0 Å². The van der Waals surface area contributed by atoms with Crippen molar-refractivity contribution >= 4 is 5.91 Å². The zero-order chi connectivity index (χ0) is 16.9. The van der Waals surface area contributed by atoms with E-state index in [9.17, 15) is 4.79 Å². The van der Waals surface area contributed by atoms with Crippen LogP contribution in [0.2, 0.25) is 0 Å². The summed E-state index contributed by atoms with van der Waals surface area (Å²) in [7, 11) is 0. The highest BCUT2D eigenvalue weighted by Crippen LogP contribution is 2.13. The number of carbonyl (C=O) groups is 1. The molecule has 0 saturated carbocycles. The minimum atomic E-state index is -0.137. The van der Waals surface area contributed by atoms with Crippen molar-refractivity contribution in [2.24, 2.45) is 0 Å². The van der Waals surface area contributed by atoms with E-state index < -0.39 is 0 Å². The van der Waals surface area contributed by atoms with Crippen molar-refractivity contribution in [1.29, 1.82) is 0 Å². The van der Waals surface area contributed by atoms with Gasteiger partial charge >= 0.3 is 0 Å². The SMILES string of the molecule is Cc1cc(C(=O)NCc2nccn2CCc2ccccc2)c(C)o1. The Balaban J connectivity index is 1.59. The lowest BCUT2D eigenvalue weighted by Gasteiger charge is -2.09. The molecule has 3 rings (SSSR count). The number of furan rings is 1. The molecular formula is C19H21N3O2. The number of carbonyl (C=O) groups excluding carboxylic acids is 1. The summed E-state index contributed by atoms with van der Waals surface area (Å²) in [5.41, 5.74) is 1.86. The number of hydrogen-bond donors (Lipinski definition) is 1. The quantitative estimate of drug-likeness (QED) is 0.757. The number of nitrogens with one attached hydrogen (secondary N) is 1. The van der Waals surface area contributed by atoms with Gasteiger partial charge in [-0.25, -0.2) is 4.98 Å². The molecule has 0 spiro atoms. The monoisotopic (exact) mass is 323 g/mol. The van der Waals surface area contributed by atoms with E-state index in [1.54, 1.807) is 19.2 Å². The first kappa shape index (κ1) is 16.1. The van der Waals surface area contributed by atoms with Gasteiger partial charge in [-0.3, -0.25) is 4.79 Å². The molecular weight excluding hydrogens is 302 g/mol. The zero-order valence-electron chi connectivity index (χ0n) is 14.0. The molecule has 24 heavy (non-hydrogen) atoms. The Bertz CT molecular complexity index is 818. The molecule has 2 heterocycles. The Morgan fingerprint density at radius 3 is 2.75 bits per heavy atom. The molecule has 5 heteroatoms. The van der Waals surface area contributed by atoms with E-state index in [2.05, 4.69) is 27.0 Å². The van der Waals surface area contributed by atoms with E-state index in [0.717, 1.165) is 24.6 Å². The van der Waals surface area contributed by atoms with Crippen molar-refractivity contribution in [3.63, 3.8) is 0 Å². The molecule has 0 unspecified atom stereocenters. The minimum absolute atomic E-state index is 0.137. The molecule has 0 fully saturated rings. The molecule has 2 aromatic heterocycles. The fourth-order valence-corrected chi connectivity index (χ4v) is 2.72. The van der Waals surface area contributed by atoms with Crippen LogP contribution in [0.5, 0.6) is 0 Å². The number of aryl methyl sites for hydroxylation is 4. The molecule has 0 radical (unpaired) electrons. The van der Waals surface area contributed by atoms with E-state index in [4.69, 9.17) is 4.42 Å². The van der Waals surface area contributed by atoms with Crippen molar-refractivity contribution in [3.8, 4) is 0 Å². The molecule has 0 aliphatic rings. The third kappa shape index (κ3) is 3.74. The standard InChI is InChI=1S/C19H21N3O2/c1-14-12-17(15(2)24-14)19(23)21-13-18-20-9-11-22(18)10-8-16-6-4-3-5-7-16/h3-7,9,11-12H,8,10,13H2,1-2H3,(H,21,23). The highest BCUT2D eigenvalue weighted by Gasteiger charge is 2.14. The highest BCUT2D eigenvalue weighted by atomic mass is 16.3. The molecule has 0 bridgehead atoms. The minimum Gasteiger partial charge on any atom is -0.466 e. The predicted octanol–water partition coefficient (Wildman–Crippen LogP) is 3.27. The maximum Gasteiger partial charge on any atom is 0.255 e. The van der Waals surface area contributed by atoms with Crippen LogP contribution in [-0.2, 0) is 19.5 Å². The number of imidazole rings is 1. The van der Waals surface area contributed by atoms with Crippen molar-refractivity contribution < 1.29 is 9.21 Å². The summed E-state index contributed by atoms with van der Waals surface area (Å²) < 4.78 is 7.47. The van der Waals surface area contributed by atoms with Gasteiger partial charge in [-0.05, 0) is 31.9 Å². The van der Waals surface area contributed by atoms with Gasteiger partial charge in [-0.1, -0.05) is 30.3 Å². The van der Waals surface area contributed by atoms with Crippen LogP contribution in [0.3, 0.4) is 0 Å². The third-order valence-corrected chi connectivity index (χ3v) is 3.98.